The minimum Gasteiger partial charge on any atom is -0.497 e. The van der Waals surface area contributed by atoms with E-state index in [2.05, 4.69) is 39.5 Å². The van der Waals surface area contributed by atoms with E-state index in [0.717, 1.165) is 34.9 Å². The van der Waals surface area contributed by atoms with Gasteiger partial charge >= 0.3 is 0 Å². The van der Waals surface area contributed by atoms with Crippen molar-refractivity contribution in [2.75, 3.05) is 7.11 Å². The lowest BCUT2D eigenvalue weighted by atomic mass is 10.1. The van der Waals surface area contributed by atoms with E-state index in [9.17, 15) is 0 Å². The highest BCUT2D eigenvalue weighted by Crippen LogP contribution is 2.21. The van der Waals surface area contributed by atoms with Crippen molar-refractivity contribution in [3.63, 3.8) is 0 Å². The summed E-state index contributed by atoms with van der Waals surface area (Å²) in [5, 5.41) is 16.7. The molecule has 0 saturated heterocycles. The van der Waals surface area contributed by atoms with Gasteiger partial charge in [-0.25, -0.2) is 0 Å². The molecule has 34 heavy (non-hydrogen) atoms. The Bertz CT molecular complexity index is 1100. The number of aryl methyl sites for hydroxylation is 1. The molecule has 0 atom stereocenters. The number of rotatable bonds is 8. The minimum atomic E-state index is 0.820. The number of hydrogen-bond acceptors (Lipinski definition) is 5. The van der Waals surface area contributed by atoms with Crippen LogP contribution in [0.5, 0.6) is 5.75 Å². The summed E-state index contributed by atoms with van der Waals surface area (Å²) in [6.45, 7) is 2.21. The third-order valence-corrected chi connectivity index (χ3v) is 4.90. The molecule has 0 saturated carbocycles. The van der Waals surface area contributed by atoms with Gasteiger partial charge in [0, 0.05) is 0 Å². The van der Waals surface area contributed by atoms with Gasteiger partial charge in [-0.05, 0) is 79.1 Å². The van der Waals surface area contributed by atoms with E-state index in [4.69, 9.17) is 4.74 Å². The molecule has 4 aromatic rings. The van der Waals surface area contributed by atoms with Crippen molar-refractivity contribution in [3.8, 4) is 5.75 Å². The maximum atomic E-state index is 5.11. The molecule has 172 valence electrons. The van der Waals surface area contributed by atoms with Gasteiger partial charge in [-0.2, -0.15) is 20.5 Å². The second-order valence-corrected chi connectivity index (χ2v) is 7.54. The lowest BCUT2D eigenvalue weighted by Gasteiger charge is -2.00. The van der Waals surface area contributed by atoms with Crippen molar-refractivity contribution in [2.24, 2.45) is 20.5 Å². The van der Waals surface area contributed by atoms with Crippen molar-refractivity contribution < 1.29 is 4.74 Å². The molecule has 5 heteroatoms. The Hall–Kier alpha value is -4.12. The maximum Gasteiger partial charge on any atom is 0.119 e. The monoisotopic (exact) mass is 450 g/mol. The Morgan fingerprint density at radius 1 is 0.529 bits per heavy atom. The van der Waals surface area contributed by atoms with Gasteiger partial charge in [0.1, 0.15) is 5.75 Å². The molecule has 0 N–H and O–H groups in total. The molecule has 0 heterocycles. The molecule has 5 nitrogen and oxygen atoms in total. The van der Waals surface area contributed by atoms with Crippen molar-refractivity contribution in [1.82, 2.24) is 0 Å². The Balaban J connectivity index is 0.000000202. The van der Waals surface area contributed by atoms with Crippen LogP contribution in [0.2, 0.25) is 0 Å². The zero-order valence-electron chi connectivity index (χ0n) is 19.7. The smallest absolute Gasteiger partial charge is 0.119 e. The highest BCUT2D eigenvalue weighted by Gasteiger charge is 1.95. The third kappa shape index (κ3) is 8.79. The first-order valence-corrected chi connectivity index (χ1v) is 11.4. The zero-order chi connectivity index (χ0) is 23.8. The predicted molar refractivity (Wildman–Crippen MR) is 139 cm³/mol. The van der Waals surface area contributed by atoms with Crippen LogP contribution in [-0.2, 0) is 6.42 Å². The molecule has 4 rings (SSSR count). The molecule has 0 radical (unpaired) electrons. The van der Waals surface area contributed by atoms with E-state index in [1.807, 2.05) is 97.1 Å². The highest BCUT2D eigenvalue weighted by atomic mass is 16.5. The first-order valence-electron chi connectivity index (χ1n) is 11.4. The summed E-state index contributed by atoms with van der Waals surface area (Å²) in [5.74, 6) is 0.823. The molecule has 0 aliphatic carbocycles. The van der Waals surface area contributed by atoms with Crippen molar-refractivity contribution in [3.05, 3.63) is 115 Å². The Labute approximate surface area is 201 Å². The quantitative estimate of drug-likeness (QED) is 0.246. The number of nitrogens with zero attached hydrogens (tertiary/aromatic N) is 4. The van der Waals surface area contributed by atoms with Crippen LogP contribution in [0.15, 0.2) is 130 Å². The van der Waals surface area contributed by atoms with Crippen LogP contribution >= 0.6 is 0 Å². The molecular formula is C29H30N4O. The standard InChI is InChI=1S/C17H20N2O.C12H10N2/c1-3-4-5-14-6-8-15(9-7-14)18-19-16-10-12-17(20-2)13-11-16;1-3-7-11(8-4-1)13-14-12-9-5-2-6-10-12/h6-13H,3-5H2,1-2H3;1-10H/b19-18+;14-13+. The largest absolute Gasteiger partial charge is 0.497 e. The summed E-state index contributed by atoms with van der Waals surface area (Å²) in [6, 6.07) is 35.2. The van der Waals surface area contributed by atoms with Crippen LogP contribution < -0.4 is 4.74 Å². The normalized spacial score (nSPS) is 10.8. The number of hydrogen-bond donors (Lipinski definition) is 0. The first-order chi connectivity index (χ1) is 16.8. The van der Waals surface area contributed by atoms with E-state index in [-0.39, 0.29) is 0 Å². The Morgan fingerprint density at radius 2 is 0.941 bits per heavy atom. The van der Waals surface area contributed by atoms with E-state index >= 15 is 0 Å². The number of azo groups is 2. The molecule has 0 amide bonds. The molecule has 0 aromatic heterocycles. The van der Waals surface area contributed by atoms with Gasteiger partial charge in [0.15, 0.2) is 0 Å². The molecule has 0 fully saturated rings. The van der Waals surface area contributed by atoms with Crippen LogP contribution in [0.25, 0.3) is 0 Å². The summed E-state index contributed by atoms with van der Waals surface area (Å²) < 4.78 is 5.11. The Kier molecular flexibility index (Phi) is 10.2. The highest BCUT2D eigenvalue weighted by molar-refractivity contribution is 5.43. The fourth-order valence-corrected chi connectivity index (χ4v) is 2.98. The number of methoxy groups -OCH3 is 1. The van der Waals surface area contributed by atoms with Crippen LogP contribution in [-0.4, -0.2) is 7.11 Å². The average molecular weight is 451 g/mol. The molecular weight excluding hydrogens is 420 g/mol. The van der Waals surface area contributed by atoms with Gasteiger partial charge in [0.2, 0.25) is 0 Å². The van der Waals surface area contributed by atoms with Crippen LogP contribution in [0.4, 0.5) is 22.7 Å². The van der Waals surface area contributed by atoms with Crippen LogP contribution in [0.1, 0.15) is 25.3 Å². The summed E-state index contributed by atoms with van der Waals surface area (Å²) >= 11 is 0. The molecule has 0 bridgehead atoms. The second kappa shape index (κ2) is 14.1. The average Bonchev–Trinajstić information content (AvgIpc) is 2.92. The molecule has 0 aliphatic heterocycles. The van der Waals surface area contributed by atoms with E-state index in [0.29, 0.717) is 0 Å². The summed E-state index contributed by atoms with van der Waals surface area (Å²) in [7, 11) is 1.65. The van der Waals surface area contributed by atoms with Gasteiger partial charge in [0.05, 0.1) is 29.9 Å². The first kappa shape index (κ1) is 24.5. The molecule has 0 unspecified atom stereocenters. The van der Waals surface area contributed by atoms with E-state index < -0.39 is 0 Å². The second-order valence-electron chi connectivity index (χ2n) is 7.54. The van der Waals surface area contributed by atoms with Crippen molar-refractivity contribution >= 4 is 22.7 Å². The van der Waals surface area contributed by atoms with E-state index in [1.54, 1.807) is 7.11 Å². The molecule has 0 spiro atoms. The number of ether oxygens (including phenoxy) is 1. The lowest BCUT2D eigenvalue weighted by molar-refractivity contribution is 0.415. The summed E-state index contributed by atoms with van der Waals surface area (Å²) in [6.07, 6.45) is 3.58. The summed E-state index contributed by atoms with van der Waals surface area (Å²) in [5.41, 5.74) is 4.80. The predicted octanol–water partition coefficient (Wildman–Crippen LogP) is 9.56. The third-order valence-electron chi connectivity index (χ3n) is 4.90. The number of unbranched alkanes of at least 4 members (excludes halogenated alkanes) is 1. The lowest BCUT2D eigenvalue weighted by Crippen LogP contribution is -1.82. The van der Waals surface area contributed by atoms with Gasteiger partial charge in [-0.1, -0.05) is 61.9 Å². The van der Waals surface area contributed by atoms with Gasteiger partial charge in [0.25, 0.3) is 0 Å². The fourth-order valence-electron chi connectivity index (χ4n) is 2.98. The van der Waals surface area contributed by atoms with Gasteiger partial charge in [-0.3, -0.25) is 0 Å². The zero-order valence-corrected chi connectivity index (χ0v) is 19.7. The Morgan fingerprint density at radius 3 is 1.35 bits per heavy atom. The SMILES string of the molecule is CCCCc1ccc(/N=N/c2ccc(OC)cc2)cc1.c1ccc(/N=N/c2ccccc2)cc1. The van der Waals surface area contributed by atoms with Crippen LogP contribution in [0, 0.1) is 0 Å². The maximum absolute atomic E-state index is 5.11. The minimum absolute atomic E-state index is 0.820. The van der Waals surface area contributed by atoms with E-state index in [1.165, 1.54) is 18.4 Å². The van der Waals surface area contributed by atoms with Crippen molar-refractivity contribution in [2.45, 2.75) is 26.2 Å². The van der Waals surface area contributed by atoms with Crippen LogP contribution in [0.3, 0.4) is 0 Å². The molecule has 4 aromatic carbocycles. The fraction of sp³-hybridized carbons (Fsp3) is 0.172. The van der Waals surface area contributed by atoms with Crippen molar-refractivity contribution in [1.29, 1.82) is 0 Å². The van der Waals surface area contributed by atoms with Gasteiger partial charge < -0.3 is 4.74 Å². The summed E-state index contributed by atoms with van der Waals surface area (Å²) in [4.78, 5) is 0. The number of benzene rings is 4. The van der Waals surface area contributed by atoms with Gasteiger partial charge in [-0.15, -0.1) is 0 Å². The molecule has 0 aliphatic rings. The topological polar surface area (TPSA) is 58.7 Å².